The molecule has 6 nitrogen and oxygen atoms in total. The first kappa shape index (κ1) is 26.5. The Morgan fingerprint density at radius 3 is 2.57 bits per heavy atom. The number of amides is 1. The van der Waals surface area contributed by atoms with Crippen molar-refractivity contribution in [1.29, 1.82) is 0 Å². The van der Waals surface area contributed by atoms with Crippen LogP contribution in [0.2, 0.25) is 0 Å². The fourth-order valence-electron chi connectivity index (χ4n) is 4.11. The Kier molecular flexibility index (Phi) is 9.09. The number of carbonyl (C=O) groups excluding carboxylic acids is 1. The summed E-state index contributed by atoms with van der Waals surface area (Å²) in [6.45, 7) is 6.20. The highest BCUT2D eigenvalue weighted by atomic mass is 32.1. The van der Waals surface area contributed by atoms with E-state index in [1.165, 1.54) is 12.1 Å². The number of nitrogens with zero attached hydrogens (tertiary/aromatic N) is 1. The van der Waals surface area contributed by atoms with Crippen molar-refractivity contribution in [2.45, 2.75) is 52.5 Å². The van der Waals surface area contributed by atoms with Crippen molar-refractivity contribution >= 4 is 24.5 Å². The molecule has 0 spiro atoms. The molecule has 0 radical (unpaired) electrons. The molecule has 8 heteroatoms. The number of H-pyrrole nitrogens is 1. The third-order valence-electron chi connectivity index (χ3n) is 5.77. The van der Waals surface area contributed by atoms with Gasteiger partial charge in [-0.2, -0.15) is 12.6 Å². The van der Waals surface area contributed by atoms with Gasteiger partial charge < -0.3 is 15.4 Å². The van der Waals surface area contributed by atoms with Gasteiger partial charge in [0.15, 0.2) is 5.82 Å². The first-order chi connectivity index (χ1) is 16.7. The van der Waals surface area contributed by atoms with E-state index in [4.69, 9.17) is 0 Å². The van der Waals surface area contributed by atoms with Gasteiger partial charge in [-0.3, -0.25) is 4.79 Å². The molecule has 3 rings (SSSR count). The summed E-state index contributed by atoms with van der Waals surface area (Å²) in [5, 5.41) is 12.4. The Morgan fingerprint density at radius 2 is 1.94 bits per heavy atom. The van der Waals surface area contributed by atoms with Gasteiger partial charge in [-0.05, 0) is 47.6 Å². The Morgan fingerprint density at radius 1 is 1.20 bits per heavy atom. The molecule has 1 unspecified atom stereocenters. The summed E-state index contributed by atoms with van der Waals surface area (Å²) in [5.41, 5.74) is 2.93. The van der Waals surface area contributed by atoms with Gasteiger partial charge in [-0.15, -0.1) is 0 Å². The predicted octanol–water partition coefficient (Wildman–Crippen LogP) is 5.53. The Hall–Kier alpha value is -3.13. The van der Waals surface area contributed by atoms with E-state index >= 15 is 4.39 Å². The molecule has 3 N–H and O–H groups in total. The highest BCUT2D eigenvalue weighted by molar-refractivity contribution is 7.80. The Labute approximate surface area is 210 Å². The van der Waals surface area contributed by atoms with Crippen molar-refractivity contribution in [3.63, 3.8) is 0 Å². The number of hydrogen-bond acceptors (Lipinski definition) is 4. The highest BCUT2D eigenvalue weighted by Gasteiger charge is 2.20. The number of carboxylic acids is 1. The molecular formula is C27H32FN3O3S. The first-order valence-electron chi connectivity index (χ1n) is 11.8. The summed E-state index contributed by atoms with van der Waals surface area (Å²) < 4.78 is 15.1. The van der Waals surface area contributed by atoms with Gasteiger partial charge in [0.05, 0.1) is 11.3 Å². The van der Waals surface area contributed by atoms with E-state index in [0.717, 1.165) is 18.5 Å². The maximum atomic E-state index is 15.1. The standard InChI is InChI=1S/C27H32FN3O3S/c1-4-7-23-24(31-25(30-23)26(32)29-19(15-35)12-16(2)3)14-18-11-10-17(13-22(18)28)20-8-5-6-9-21(20)27(33)34/h5-6,8-11,13,16,19,35H,4,7,12,14-15H2,1-3H3,(H,29,32)(H,30,31)(H,33,34). The Balaban J connectivity index is 1.85. The molecular weight excluding hydrogens is 465 g/mol. The SMILES string of the molecule is CCCc1nc(C(=O)NC(CS)CC(C)C)[nH]c1Cc1ccc(-c2ccccc2C(=O)O)cc1F. The molecule has 0 saturated heterocycles. The molecule has 0 aliphatic rings. The summed E-state index contributed by atoms with van der Waals surface area (Å²) in [7, 11) is 0. The number of aromatic amines is 1. The van der Waals surface area contributed by atoms with Crippen LogP contribution in [0.4, 0.5) is 4.39 Å². The summed E-state index contributed by atoms with van der Waals surface area (Å²) in [4.78, 5) is 32.0. The molecule has 186 valence electrons. The van der Waals surface area contributed by atoms with Gasteiger partial charge in [0.2, 0.25) is 0 Å². The minimum atomic E-state index is -1.06. The second-order valence-electron chi connectivity index (χ2n) is 9.08. The number of benzene rings is 2. The van der Waals surface area contributed by atoms with Crippen molar-refractivity contribution in [2.75, 3.05) is 5.75 Å². The monoisotopic (exact) mass is 497 g/mol. The maximum Gasteiger partial charge on any atom is 0.336 e. The lowest BCUT2D eigenvalue weighted by atomic mass is 9.97. The zero-order valence-electron chi connectivity index (χ0n) is 20.3. The molecule has 0 aliphatic carbocycles. The number of imidazole rings is 1. The van der Waals surface area contributed by atoms with Crippen molar-refractivity contribution in [3.8, 4) is 11.1 Å². The number of carbonyl (C=O) groups is 2. The fourth-order valence-corrected chi connectivity index (χ4v) is 4.36. The predicted molar refractivity (Wildman–Crippen MR) is 139 cm³/mol. The van der Waals surface area contributed by atoms with Crippen molar-refractivity contribution in [1.82, 2.24) is 15.3 Å². The number of aryl methyl sites for hydroxylation is 1. The number of nitrogens with one attached hydrogen (secondary N) is 2. The van der Waals surface area contributed by atoms with Gasteiger partial charge in [-0.1, -0.05) is 57.5 Å². The van der Waals surface area contributed by atoms with Crippen LogP contribution < -0.4 is 5.32 Å². The number of aromatic nitrogens is 2. The summed E-state index contributed by atoms with van der Waals surface area (Å²) in [5.74, 6) is -0.643. The van der Waals surface area contributed by atoms with Crippen LogP contribution in [0.15, 0.2) is 42.5 Å². The molecule has 3 aromatic rings. The van der Waals surface area contributed by atoms with E-state index in [9.17, 15) is 14.7 Å². The van der Waals surface area contributed by atoms with Gasteiger partial charge in [0.1, 0.15) is 5.82 Å². The molecule has 0 aliphatic heterocycles. The van der Waals surface area contributed by atoms with Crippen LogP contribution in [-0.4, -0.2) is 38.7 Å². The van der Waals surface area contributed by atoms with E-state index in [0.29, 0.717) is 40.5 Å². The van der Waals surface area contributed by atoms with Crippen molar-refractivity contribution in [2.24, 2.45) is 5.92 Å². The van der Waals surface area contributed by atoms with E-state index in [2.05, 4.69) is 41.8 Å². The van der Waals surface area contributed by atoms with Crippen LogP contribution in [0.3, 0.4) is 0 Å². The highest BCUT2D eigenvalue weighted by Crippen LogP contribution is 2.27. The van der Waals surface area contributed by atoms with Crippen LogP contribution in [0, 0.1) is 11.7 Å². The molecule has 1 heterocycles. The average Bonchev–Trinajstić information content (AvgIpc) is 3.22. The number of aromatic carboxylic acids is 1. The van der Waals surface area contributed by atoms with Crippen LogP contribution in [0.25, 0.3) is 11.1 Å². The van der Waals surface area contributed by atoms with E-state index in [1.54, 1.807) is 30.3 Å². The van der Waals surface area contributed by atoms with Crippen molar-refractivity contribution < 1.29 is 19.1 Å². The van der Waals surface area contributed by atoms with Crippen LogP contribution >= 0.6 is 12.6 Å². The lowest BCUT2D eigenvalue weighted by Gasteiger charge is -2.17. The quantitative estimate of drug-likeness (QED) is 0.262. The number of halogens is 1. The molecule has 0 fully saturated rings. The fraction of sp³-hybridized carbons (Fsp3) is 0.370. The molecule has 35 heavy (non-hydrogen) atoms. The third-order valence-corrected chi connectivity index (χ3v) is 6.21. The summed E-state index contributed by atoms with van der Waals surface area (Å²) in [6, 6.07) is 11.2. The molecule has 0 bridgehead atoms. The zero-order valence-corrected chi connectivity index (χ0v) is 21.2. The number of thiol groups is 1. The lowest BCUT2D eigenvalue weighted by molar-refractivity contribution is 0.0697. The van der Waals surface area contributed by atoms with Crippen LogP contribution in [0.5, 0.6) is 0 Å². The van der Waals surface area contributed by atoms with Gasteiger partial charge >= 0.3 is 5.97 Å². The lowest BCUT2D eigenvalue weighted by Crippen LogP contribution is -2.37. The number of hydrogen-bond donors (Lipinski definition) is 4. The summed E-state index contributed by atoms with van der Waals surface area (Å²) in [6.07, 6.45) is 2.54. The Bertz CT molecular complexity index is 1190. The van der Waals surface area contributed by atoms with E-state index in [-0.39, 0.29) is 29.8 Å². The number of rotatable bonds is 11. The minimum Gasteiger partial charge on any atom is -0.478 e. The normalized spacial score (nSPS) is 12.1. The largest absolute Gasteiger partial charge is 0.478 e. The molecule has 2 aromatic carbocycles. The van der Waals surface area contributed by atoms with E-state index in [1.807, 2.05) is 6.92 Å². The summed E-state index contributed by atoms with van der Waals surface area (Å²) >= 11 is 4.35. The molecule has 0 saturated carbocycles. The van der Waals surface area contributed by atoms with Crippen molar-refractivity contribution in [3.05, 3.63) is 76.6 Å². The average molecular weight is 498 g/mol. The molecule has 1 aromatic heterocycles. The van der Waals surface area contributed by atoms with Crippen LogP contribution in [0.1, 0.15) is 71.5 Å². The third kappa shape index (κ3) is 6.72. The topological polar surface area (TPSA) is 95.1 Å². The van der Waals surface area contributed by atoms with E-state index < -0.39 is 11.8 Å². The minimum absolute atomic E-state index is 0.0623. The number of carboxylic acid groups (broad SMARTS) is 1. The van der Waals surface area contributed by atoms with Gasteiger partial charge in [0, 0.05) is 23.9 Å². The maximum absolute atomic E-state index is 15.1. The zero-order chi connectivity index (χ0) is 25.5. The smallest absolute Gasteiger partial charge is 0.336 e. The van der Waals surface area contributed by atoms with Gasteiger partial charge in [0.25, 0.3) is 5.91 Å². The van der Waals surface area contributed by atoms with Gasteiger partial charge in [-0.25, -0.2) is 14.2 Å². The van der Waals surface area contributed by atoms with Crippen LogP contribution in [-0.2, 0) is 12.8 Å². The second kappa shape index (κ2) is 12.0. The molecule has 1 atom stereocenters. The molecule has 1 amide bonds. The first-order valence-corrected chi connectivity index (χ1v) is 12.5. The second-order valence-corrected chi connectivity index (χ2v) is 9.44.